The van der Waals surface area contributed by atoms with Crippen molar-refractivity contribution in [3.63, 3.8) is 0 Å². The van der Waals surface area contributed by atoms with Crippen LogP contribution in [0.15, 0.2) is 36.5 Å². The van der Waals surface area contributed by atoms with Crippen LogP contribution in [0.5, 0.6) is 5.75 Å². The van der Waals surface area contributed by atoms with Crippen LogP contribution in [0.4, 0.5) is 11.6 Å². The molecule has 0 aliphatic carbocycles. The van der Waals surface area contributed by atoms with Crippen molar-refractivity contribution in [3.05, 3.63) is 53.3 Å². The van der Waals surface area contributed by atoms with Crippen LogP contribution in [-0.4, -0.2) is 51.5 Å². The van der Waals surface area contributed by atoms with Gasteiger partial charge in [0.1, 0.15) is 29.1 Å². The quantitative estimate of drug-likeness (QED) is 0.526. The molecule has 0 unspecified atom stereocenters. The molecular formula is C27H29N5O4. The average molecular weight is 488 g/mol. The molecule has 9 heteroatoms. The molecule has 0 radical (unpaired) electrons. The van der Waals surface area contributed by atoms with E-state index >= 15 is 0 Å². The van der Waals surface area contributed by atoms with Crippen molar-refractivity contribution in [2.45, 2.75) is 57.9 Å². The van der Waals surface area contributed by atoms with E-state index in [4.69, 9.17) is 14.5 Å². The molecule has 1 atom stereocenters. The Hall–Kier alpha value is -3.72. The van der Waals surface area contributed by atoms with Crippen LogP contribution in [0.25, 0.3) is 10.8 Å². The lowest BCUT2D eigenvalue weighted by atomic mass is 9.84. The Kier molecular flexibility index (Phi) is 4.82. The lowest BCUT2D eigenvalue weighted by Gasteiger charge is -2.43. The monoisotopic (exact) mass is 487 g/mol. The smallest absolute Gasteiger partial charge is 0.340 e. The number of aromatic nitrogens is 2. The van der Waals surface area contributed by atoms with Gasteiger partial charge in [-0.1, -0.05) is 6.07 Å². The molecule has 4 bridgehead atoms. The first-order valence-corrected chi connectivity index (χ1v) is 12.2. The summed E-state index contributed by atoms with van der Waals surface area (Å²) in [5.41, 5.74) is 0.829. The topological polar surface area (TPSA) is 106 Å². The Morgan fingerprint density at radius 3 is 2.64 bits per heavy atom. The first kappa shape index (κ1) is 22.7. The maximum absolute atomic E-state index is 12.7. The van der Waals surface area contributed by atoms with Crippen molar-refractivity contribution in [1.82, 2.24) is 20.2 Å². The van der Waals surface area contributed by atoms with Gasteiger partial charge < -0.3 is 19.7 Å². The number of nitrogens with zero attached hydrogens (tertiary/aromatic N) is 3. The molecule has 0 spiro atoms. The molecule has 0 saturated carbocycles. The highest BCUT2D eigenvalue weighted by atomic mass is 16.6. The van der Waals surface area contributed by atoms with Crippen molar-refractivity contribution < 1.29 is 19.1 Å². The third-order valence-electron chi connectivity index (χ3n) is 7.35. The number of carbonyl (C=O) groups is 2. The first-order chi connectivity index (χ1) is 17.0. The van der Waals surface area contributed by atoms with E-state index < -0.39 is 11.1 Å². The zero-order valence-corrected chi connectivity index (χ0v) is 21.0. The summed E-state index contributed by atoms with van der Waals surface area (Å²) in [6, 6.07) is 9.22. The van der Waals surface area contributed by atoms with Crippen molar-refractivity contribution >= 4 is 34.3 Å². The van der Waals surface area contributed by atoms with E-state index in [2.05, 4.69) is 35.5 Å². The van der Waals surface area contributed by atoms with Crippen molar-refractivity contribution in [1.29, 1.82) is 0 Å². The summed E-state index contributed by atoms with van der Waals surface area (Å²) >= 11 is 0. The van der Waals surface area contributed by atoms with Crippen LogP contribution in [0, 0.1) is 0 Å². The molecule has 1 fully saturated rings. The molecule has 1 aromatic carbocycles. The summed E-state index contributed by atoms with van der Waals surface area (Å²) in [7, 11) is 0. The predicted molar refractivity (Wildman–Crippen MR) is 134 cm³/mol. The Morgan fingerprint density at radius 2 is 1.89 bits per heavy atom. The van der Waals surface area contributed by atoms with Gasteiger partial charge >= 0.3 is 5.97 Å². The zero-order valence-electron chi connectivity index (χ0n) is 21.0. The SMILES string of the molecule is CC(=O)N1CC(Oc2ccc3c4cc(ncc24)Nc2ccc4c(n2)[C@@H](NC3(C)C)C(C)(C)OC4=O)C1. The number of anilines is 2. The van der Waals surface area contributed by atoms with Gasteiger partial charge in [0.05, 0.1) is 30.4 Å². The van der Waals surface area contributed by atoms with E-state index in [1.165, 1.54) is 0 Å². The highest BCUT2D eigenvalue weighted by molar-refractivity contribution is 5.94. The van der Waals surface area contributed by atoms with E-state index in [0.717, 1.165) is 22.1 Å². The fraction of sp³-hybridized carbons (Fsp3) is 0.407. The average Bonchev–Trinajstić information content (AvgIpc) is 2.78. The standard InChI is InChI=1S/C27H29N5O4/c1-14(33)32-12-15(13-32)35-20-8-7-19-17-10-22(28-11-18(17)20)29-21-9-6-16-23(30-21)24(31-26(19,2)3)27(4,5)36-25(16)34/h6-11,15,24,31H,12-13H2,1-5H3,(H,28,29,30)/t24-/m1/s1. The number of amides is 1. The summed E-state index contributed by atoms with van der Waals surface area (Å²) in [4.78, 5) is 35.5. The number of ether oxygens (including phenoxy) is 2. The fourth-order valence-corrected chi connectivity index (χ4v) is 5.31. The molecule has 186 valence electrons. The number of esters is 1. The van der Waals surface area contributed by atoms with Crippen molar-refractivity contribution in [2.75, 3.05) is 18.4 Å². The predicted octanol–water partition coefficient (Wildman–Crippen LogP) is 3.81. The van der Waals surface area contributed by atoms with E-state index in [-0.39, 0.29) is 24.0 Å². The Balaban J connectivity index is 1.47. The van der Waals surface area contributed by atoms with Gasteiger partial charge in [-0.25, -0.2) is 14.8 Å². The Bertz CT molecular complexity index is 1430. The van der Waals surface area contributed by atoms with Crippen LogP contribution in [0.3, 0.4) is 0 Å². The summed E-state index contributed by atoms with van der Waals surface area (Å²) in [6.45, 7) is 10.8. The summed E-state index contributed by atoms with van der Waals surface area (Å²) in [5.74, 6) is 1.67. The molecule has 3 aliphatic rings. The number of pyridine rings is 2. The third kappa shape index (κ3) is 3.57. The van der Waals surface area contributed by atoms with Crippen molar-refractivity contribution in [3.8, 4) is 5.75 Å². The van der Waals surface area contributed by atoms with Crippen LogP contribution >= 0.6 is 0 Å². The number of hydrogen-bond acceptors (Lipinski definition) is 8. The first-order valence-electron chi connectivity index (χ1n) is 12.2. The number of fused-ring (bicyclic) bond motifs is 2. The highest BCUT2D eigenvalue weighted by Crippen LogP contribution is 2.42. The second kappa shape index (κ2) is 7.64. The minimum absolute atomic E-state index is 0.0456. The maximum Gasteiger partial charge on any atom is 0.340 e. The largest absolute Gasteiger partial charge is 0.486 e. The van der Waals surface area contributed by atoms with Gasteiger partial charge in [-0.2, -0.15) is 0 Å². The molecule has 1 saturated heterocycles. The van der Waals surface area contributed by atoms with Gasteiger partial charge in [0.15, 0.2) is 0 Å². The highest BCUT2D eigenvalue weighted by Gasteiger charge is 2.46. The molecule has 9 nitrogen and oxygen atoms in total. The van der Waals surface area contributed by atoms with Gasteiger partial charge in [-0.3, -0.25) is 10.1 Å². The zero-order chi connectivity index (χ0) is 25.4. The molecule has 3 aromatic rings. The lowest BCUT2D eigenvalue weighted by Crippen LogP contribution is -2.55. The van der Waals surface area contributed by atoms with Gasteiger partial charge in [-0.15, -0.1) is 0 Å². The van der Waals surface area contributed by atoms with Crippen LogP contribution in [0.2, 0.25) is 0 Å². The van der Waals surface area contributed by atoms with E-state index in [0.29, 0.717) is 36.0 Å². The molecule has 2 aromatic heterocycles. The lowest BCUT2D eigenvalue weighted by molar-refractivity contribution is -0.137. The van der Waals surface area contributed by atoms with Gasteiger partial charge in [0.25, 0.3) is 0 Å². The summed E-state index contributed by atoms with van der Waals surface area (Å²) in [6.07, 6.45) is 1.77. The van der Waals surface area contributed by atoms with E-state index in [1.54, 1.807) is 24.0 Å². The fourth-order valence-electron chi connectivity index (χ4n) is 5.31. The molecule has 1 amide bonds. The number of carbonyl (C=O) groups excluding carboxylic acids is 2. The van der Waals surface area contributed by atoms with Crippen molar-refractivity contribution in [2.24, 2.45) is 0 Å². The number of hydrogen-bond donors (Lipinski definition) is 2. The maximum atomic E-state index is 12.7. The van der Waals surface area contributed by atoms with Gasteiger partial charge in [0, 0.05) is 24.0 Å². The second-order valence-corrected chi connectivity index (χ2v) is 10.8. The molecule has 2 N–H and O–H groups in total. The van der Waals surface area contributed by atoms with Gasteiger partial charge in [0.2, 0.25) is 5.91 Å². The summed E-state index contributed by atoms with van der Waals surface area (Å²) < 4.78 is 12.1. The number of likely N-dealkylation sites (tertiary alicyclic amines) is 1. The minimum Gasteiger partial charge on any atom is -0.486 e. The second-order valence-electron chi connectivity index (χ2n) is 10.8. The normalized spacial score (nSPS) is 21.8. The number of rotatable bonds is 2. The molecule has 3 aliphatic heterocycles. The summed E-state index contributed by atoms with van der Waals surface area (Å²) in [5, 5.41) is 8.94. The number of nitrogens with one attached hydrogen (secondary N) is 2. The molecule has 6 rings (SSSR count). The van der Waals surface area contributed by atoms with Crippen LogP contribution in [0.1, 0.15) is 62.3 Å². The Morgan fingerprint density at radius 1 is 1.11 bits per heavy atom. The molecule has 5 heterocycles. The number of benzene rings is 1. The molecule has 36 heavy (non-hydrogen) atoms. The molecular weight excluding hydrogens is 458 g/mol. The minimum atomic E-state index is -0.813. The third-order valence-corrected chi connectivity index (χ3v) is 7.35. The van der Waals surface area contributed by atoms with E-state index in [9.17, 15) is 9.59 Å². The van der Waals surface area contributed by atoms with Crippen LogP contribution < -0.4 is 15.4 Å². The van der Waals surface area contributed by atoms with Crippen LogP contribution in [-0.2, 0) is 15.1 Å². The van der Waals surface area contributed by atoms with E-state index in [1.807, 2.05) is 32.2 Å². The van der Waals surface area contributed by atoms with Gasteiger partial charge in [-0.05, 0) is 62.9 Å². The number of cyclic esters (lactones) is 1. The Labute approximate surface area is 209 Å².